The molecular weight excluding hydrogens is 426 g/mol. The first-order valence-corrected chi connectivity index (χ1v) is 10.4. The summed E-state index contributed by atoms with van der Waals surface area (Å²) in [5, 5.41) is 2.78. The van der Waals surface area contributed by atoms with E-state index in [1.807, 2.05) is 36.4 Å². The summed E-state index contributed by atoms with van der Waals surface area (Å²) in [6, 6.07) is 15.9. The topological polar surface area (TPSA) is 38.3 Å². The number of amides is 1. The molecule has 0 bridgehead atoms. The predicted octanol–water partition coefficient (Wildman–Crippen LogP) is 6.89. The number of halogens is 1. The van der Waals surface area contributed by atoms with Crippen LogP contribution in [0, 0.1) is 27.7 Å². The van der Waals surface area contributed by atoms with E-state index in [1.54, 1.807) is 0 Å². The molecular formula is C25H26BrNO2. The van der Waals surface area contributed by atoms with Gasteiger partial charge in [0.25, 0.3) is 0 Å². The van der Waals surface area contributed by atoms with Gasteiger partial charge in [-0.2, -0.15) is 0 Å². The molecule has 0 radical (unpaired) electrons. The zero-order chi connectivity index (χ0) is 21.1. The van der Waals surface area contributed by atoms with Crippen LogP contribution in [-0.4, -0.2) is 5.91 Å². The number of nitrogens with one attached hydrogen (secondary N) is 1. The summed E-state index contributed by atoms with van der Waals surface area (Å²) in [6.07, 6.45) is 0. The lowest BCUT2D eigenvalue weighted by Crippen LogP contribution is -2.05. The molecule has 0 aliphatic rings. The average Bonchev–Trinajstić information content (AvgIpc) is 2.71. The van der Waals surface area contributed by atoms with E-state index >= 15 is 0 Å². The van der Waals surface area contributed by atoms with Crippen LogP contribution in [0.1, 0.15) is 34.7 Å². The van der Waals surface area contributed by atoms with Gasteiger partial charge in [-0.05, 0) is 90.9 Å². The van der Waals surface area contributed by atoms with Crippen molar-refractivity contribution < 1.29 is 9.53 Å². The lowest BCUT2D eigenvalue weighted by Gasteiger charge is -2.18. The Kier molecular flexibility index (Phi) is 6.43. The molecule has 0 spiro atoms. The Bertz CT molecular complexity index is 1010. The molecule has 0 unspecified atom stereocenters. The molecule has 0 aliphatic heterocycles. The third kappa shape index (κ3) is 4.70. The van der Waals surface area contributed by atoms with Crippen molar-refractivity contribution in [2.45, 2.75) is 41.2 Å². The third-order valence-electron chi connectivity index (χ3n) is 5.46. The van der Waals surface area contributed by atoms with Crippen LogP contribution in [0.15, 0.2) is 53.0 Å². The normalized spacial score (nSPS) is 10.7. The van der Waals surface area contributed by atoms with Gasteiger partial charge in [-0.25, -0.2) is 0 Å². The number of anilines is 1. The number of rotatable bonds is 5. The first-order valence-electron chi connectivity index (χ1n) is 9.63. The summed E-state index contributed by atoms with van der Waals surface area (Å²) in [5.74, 6) is 0.779. The van der Waals surface area contributed by atoms with Crippen LogP contribution >= 0.6 is 15.9 Å². The van der Waals surface area contributed by atoms with E-state index in [2.05, 4.69) is 61.1 Å². The molecule has 4 heteroatoms. The minimum absolute atomic E-state index is 0.0686. The maximum absolute atomic E-state index is 11.1. The SMILES string of the molecule is CC(=O)Nc1ccc(-c2ccc(OCc3c(C)c(C)c(Br)c(C)c3C)cc2)cc1. The fourth-order valence-corrected chi connectivity index (χ4v) is 4.00. The van der Waals surface area contributed by atoms with E-state index in [0.717, 1.165) is 22.6 Å². The van der Waals surface area contributed by atoms with Crippen molar-refractivity contribution in [3.63, 3.8) is 0 Å². The maximum atomic E-state index is 11.1. The molecule has 0 atom stereocenters. The maximum Gasteiger partial charge on any atom is 0.221 e. The molecule has 0 saturated carbocycles. The van der Waals surface area contributed by atoms with Gasteiger partial charge in [0.05, 0.1) is 0 Å². The number of ether oxygens (including phenoxy) is 1. The highest BCUT2D eigenvalue weighted by molar-refractivity contribution is 9.10. The highest BCUT2D eigenvalue weighted by atomic mass is 79.9. The Morgan fingerprint density at radius 2 is 1.31 bits per heavy atom. The Morgan fingerprint density at radius 1 is 0.828 bits per heavy atom. The molecule has 1 N–H and O–H groups in total. The van der Waals surface area contributed by atoms with Crippen LogP contribution in [0.4, 0.5) is 5.69 Å². The summed E-state index contributed by atoms with van der Waals surface area (Å²) >= 11 is 3.70. The quantitative estimate of drug-likeness (QED) is 0.458. The molecule has 3 aromatic rings. The standard InChI is InChI=1S/C25H26BrNO2/c1-15-17(3)25(26)18(4)16(2)24(15)14-29-23-12-8-21(9-13-23)20-6-10-22(11-7-20)27-19(5)28/h6-13H,14H2,1-5H3,(H,27,28). The van der Waals surface area contributed by atoms with Crippen LogP contribution in [0.2, 0.25) is 0 Å². The largest absolute Gasteiger partial charge is 0.489 e. The second kappa shape index (κ2) is 8.83. The summed E-state index contributed by atoms with van der Waals surface area (Å²) < 4.78 is 7.28. The van der Waals surface area contributed by atoms with Crippen LogP contribution in [-0.2, 0) is 11.4 Å². The van der Waals surface area contributed by atoms with E-state index in [0.29, 0.717) is 6.61 Å². The lowest BCUT2D eigenvalue weighted by atomic mass is 9.95. The second-order valence-electron chi connectivity index (χ2n) is 7.36. The Balaban J connectivity index is 1.73. The minimum atomic E-state index is -0.0686. The Hall–Kier alpha value is -2.59. The van der Waals surface area contributed by atoms with Gasteiger partial charge in [0.2, 0.25) is 5.91 Å². The zero-order valence-electron chi connectivity index (χ0n) is 17.5. The van der Waals surface area contributed by atoms with Crippen LogP contribution < -0.4 is 10.1 Å². The number of carbonyl (C=O) groups is 1. The highest BCUT2D eigenvalue weighted by Crippen LogP contribution is 2.31. The molecule has 3 rings (SSSR count). The van der Waals surface area contributed by atoms with Gasteiger partial charge in [0, 0.05) is 17.1 Å². The molecule has 0 saturated heterocycles. The van der Waals surface area contributed by atoms with E-state index in [9.17, 15) is 4.79 Å². The number of hydrogen-bond donors (Lipinski definition) is 1. The fraction of sp³-hybridized carbons (Fsp3) is 0.240. The highest BCUT2D eigenvalue weighted by Gasteiger charge is 2.13. The number of carbonyl (C=O) groups excluding carboxylic acids is 1. The van der Waals surface area contributed by atoms with E-state index in [-0.39, 0.29) is 5.91 Å². The summed E-state index contributed by atoms with van der Waals surface area (Å²) in [7, 11) is 0. The average molecular weight is 452 g/mol. The summed E-state index contributed by atoms with van der Waals surface area (Å²) in [5.41, 5.74) is 9.33. The zero-order valence-corrected chi connectivity index (χ0v) is 19.1. The fourth-order valence-electron chi connectivity index (χ4n) is 3.41. The van der Waals surface area contributed by atoms with Crippen molar-refractivity contribution in [2.75, 3.05) is 5.32 Å². The molecule has 29 heavy (non-hydrogen) atoms. The van der Waals surface area contributed by atoms with Gasteiger partial charge >= 0.3 is 0 Å². The Morgan fingerprint density at radius 3 is 1.79 bits per heavy atom. The molecule has 150 valence electrons. The van der Waals surface area contributed by atoms with Gasteiger partial charge < -0.3 is 10.1 Å². The second-order valence-corrected chi connectivity index (χ2v) is 8.16. The minimum Gasteiger partial charge on any atom is -0.489 e. The van der Waals surface area contributed by atoms with Crippen LogP contribution in [0.5, 0.6) is 5.75 Å². The van der Waals surface area contributed by atoms with Crippen LogP contribution in [0.25, 0.3) is 11.1 Å². The van der Waals surface area contributed by atoms with Gasteiger partial charge in [-0.3, -0.25) is 4.79 Å². The monoisotopic (exact) mass is 451 g/mol. The smallest absolute Gasteiger partial charge is 0.221 e. The first-order chi connectivity index (χ1) is 13.8. The van der Waals surface area contributed by atoms with E-state index < -0.39 is 0 Å². The summed E-state index contributed by atoms with van der Waals surface area (Å²) in [6.45, 7) is 10.6. The number of hydrogen-bond acceptors (Lipinski definition) is 2. The first kappa shape index (κ1) is 21.1. The van der Waals surface area contributed by atoms with Crippen LogP contribution in [0.3, 0.4) is 0 Å². The van der Waals surface area contributed by atoms with Gasteiger partial charge in [-0.15, -0.1) is 0 Å². The van der Waals surface area contributed by atoms with Crippen molar-refractivity contribution in [2.24, 2.45) is 0 Å². The van der Waals surface area contributed by atoms with Gasteiger partial charge in [0.1, 0.15) is 12.4 Å². The molecule has 0 heterocycles. The van der Waals surface area contributed by atoms with Crippen molar-refractivity contribution in [3.8, 4) is 16.9 Å². The van der Waals surface area contributed by atoms with Crippen molar-refractivity contribution in [1.82, 2.24) is 0 Å². The third-order valence-corrected chi connectivity index (χ3v) is 6.65. The van der Waals surface area contributed by atoms with Gasteiger partial charge in [0.15, 0.2) is 0 Å². The molecule has 0 aliphatic carbocycles. The summed E-state index contributed by atoms with van der Waals surface area (Å²) in [4.78, 5) is 11.1. The molecule has 0 fully saturated rings. The Labute approximate surface area is 181 Å². The lowest BCUT2D eigenvalue weighted by molar-refractivity contribution is -0.114. The van der Waals surface area contributed by atoms with Crippen molar-refractivity contribution >= 4 is 27.5 Å². The van der Waals surface area contributed by atoms with Gasteiger partial charge in [-0.1, -0.05) is 40.2 Å². The van der Waals surface area contributed by atoms with E-state index in [1.165, 1.54) is 39.2 Å². The molecule has 1 amide bonds. The predicted molar refractivity (Wildman–Crippen MR) is 124 cm³/mol. The molecule has 3 aromatic carbocycles. The van der Waals surface area contributed by atoms with E-state index in [4.69, 9.17) is 4.74 Å². The van der Waals surface area contributed by atoms with Crippen molar-refractivity contribution in [1.29, 1.82) is 0 Å². The number of benzene rings is 3. The molecule has 0 aromatic heterocycles. The molecule has 3 nitrogen and oxygen atoms in total. The van der Waals surface area contributed by atoms with Crippen molar-refractivity contribution in [3.05, 3.63) is 80.8 Å².